The van der Waals surface area contributed by atoms with Gasteiger partial charge < -0.3 is 5.32 Å². The first-order valence-electron chi connectivity index (χ1n) is 6.43. The third kappa shape index (κ3) is 2.31. The van der Waals surface area contributed by atoms with Gasteiger partial charge in [0.1, 0.15) is 0 Å². The zero-order chi connectivity index (χ0) is 13.2. The summed E-state index contributed by atoms with van der Waals surface area (Å²) < 4.78 is 1.97. The summed E-state index contributed by atoms with van der Waals surface area (Å²) in [6, 6.07) is 6.49. The van der Waals surface area contributed by atoms with Gasteiger partial charge in [-0.05, 0) is 26.0 Å². The standard InChI is InChI=1S/C14H17N5/c1-10(2)19-9-11(7-17-19)6-15-13-4-3-5-14-12(13)8-16-18-14/h3-5,7-10,15H,6H2,1-2H3,(H,16,18). The Balaban J connectivity index is 1.76. The van der Waals surface area contributed by atoms with Crippen LogP contribution >= 0.6 is 0 Å². The summed E-state index contributed by atoms with van der Waals surface area (Å²) in [7, 11) is 0. The number of aromatic nitrogens is 4. The first-order valence-corrected chi connectivity index (χ1v) is 6.43. The summed E-state index contributed by atoms with van der Waals surface area (Å²) in [5.74, 6) is 0. The molecule has 0 saturated heterocycles. The molecule has 19 heavy (non-hydrogen) atoms. The first kappa shape index (κ1) is 11.8. The fourth-order valence-corrected chi connectivity index (χ4v) is 2.07. The highest BCUT2D eigenvalue weighted by Gasteiger charge is 2.04. The number of nitrogens with zero attached hydrogens (tertiary/aromatic N) is 3. The molecule has 2 aromatic heterocycles. The van der Waals surface area contributed by atoms with Crippen LogP contribution in [0.1, 0.15) is 25.5 Å². The number of benzene rings is 1. The lowest BCUT2D eigenvalue weighted by atomic mass is 10.2. The first-order chi connectivity index (χ1) is 9.24. The molecule has 5 nitrogen and oxygen atoms in total. The molecule has 0 aliphatic heterocycles. The number of hydrogen-bond acceptors (Lipinski definition) is 3. The SMILES string of the molecule is CC(C)n1cc(CNc2cccc3[nH]ncc23)cn1. The van der Waals surface area contributed by atoms with Crippen molar-refractivity contribution in [2.24, 2.45) is 0 Å². The second-order valence-corrected chi connectivity index (χ2v) is 4.91. The van der Waals surface area contributed by atoms with Gasteiger partial charge in [-0.25, -0.2) is 0 Å². The van der Waals surface area contributed by atoms with Crippen LogP contribution in [-0.4, -0.2) is 20.0 Å². The van der Waals surface area contributed by atoms with Crippen LogP contribution in [0.15, 0.2) is 36.8 Å². The Morgan fingerprint density at radius 3 is 3.00 bits per heavy atom. The van der Waals surface area contributed by atoms with Crippen LogP contribution < -0.4 is 5.32 Å². The molecule has 0 saturated carbocycles. The maximum Gasteiger partial charge on any atom is 0.0671 e. The number of fused-ring (bicyclic) bond motifs is 1. The molecule has 2 heterocycles. The highest BCUT2D eigenvalue weighted by Crippen LogP contribution is 2.21. The second kappa shape index (κ2) is 4.76. The molecule has 2 N–H and O–H groups in total. The molecule has 1 aromatic carbocycles. The van der Waals surface area contributed by atoms with Crippen molar-refractivity contribution in [3.63, 3.8) is 0 Å². The monoisotopic (exact) mass is 255 g/mol. The zero-order valence-electron chi connectivity index (χ0n) is 11.1. The Kier molecular flexibility index (Phi) is 2.95. The van der Waals surface area contributed by atoms with E-state index >= 15 is 0 Å². The Hall–Kier alpha value is -2.30. The average molecular weight is 255 g/mol. The molecular formula is C14H17N5. The lowest BCUT2D eigenvalue weighted by Crippen LogP contribution is -2.01. The number of rotatable bonds is 4. The maximum atomic E-state index is 4.34. The lowest BCUT2D eigenvalue weighted by Gasteiger charge is -2.06. The fourth-order valence-electron chi connectivity index (χ4n) is 2.07. The van der Waals surface area contributed by atoms with E-state index in [1.807, 2.05) is 29.2 Å². The molecule has 0 amide bonds. The van der Waals surface area contributed by atoms with Gasteiger partial charge in [0.2, 0.25) is 0 Å². The predicted octanol–water partition coefficient (Wildman–Crippen LogP) is 2.95. The molecule has 98 valence electrons. The number of aromatic amines is 1. The Morgan fingerprint density at radius 2 is 2.21 bits per heavy atom. The topological polar surface area (TPSA) is 58.5 Å². The van der Waals surface area contributed by atoms with E-state index in [1.54, 1.807) is 0 Å². The second-order valence-electron chi connectivity index (χ2n) is 4.91. The van der Waals surface area contributed by atoms with Crippen molar-refractivity contribution in [3.8, 4) is 0 Å². The summed E-state index contributed by atoms with van der Waals surface area (Å²) in [5.41, 5.74) is 3.31. The van der Waals surface area contributed by atoms with Gasteiger partial charge in [-0.1, -0.05) is 6.07 Å². The highest BCUT2D eigenvalue weighted by atomic mass is 15.3. The van der Waals surface area contributed by atoms with Gasteiger partial charge in [-0.3, -0.25) is 9.78 Å². The molecule has 0 radical (unpaired) electrons. The Morgan fingerprint density at radius 1 is 1.32 bits per heavy atom. The van der Waals surface area contributed by atoms with Gasteiger partial charge >= 0.3 is 0 Å². The van der Waals surface area contributed by atoms with Crippen molar-refractivity contribution in [1.29, 1.82) is 0 Å². The van der Waals surface area contributed by atoms with E-state index < -0.39 is 0 Å². The van der Waals surface area contributed by atoms with Crippen molar-refractivity contribution in [3.05, 3.63) is 42.4 Å². The molecular weight excluding hydrogens is 238 g/mol. The van der Waals surface area contributed by atoms with E-state index in [-0.39, 0.29) is 0 Å². The molecule has 0 spiro atoms. The number of nitrogens with one attached hydrogen (secondary N) is 2. The summed E-state index contributed by atoms with van der Waals surface area (Å²) in [6.07, 6.45) is 5.82. The van der Waals surface area contributed by atoms with E-state index in [0.717, 1.165) is 23.1 Å². The third-order valence-electron chi connectivity index (χ3n) is 3.15. The van der Waals surface area contributed by atoms with Crippen molar-refractivity contribution in [2.45, 2.75) is 26.4 Å². The van der Waals surface area contributed by atoms with Crippen LogP contribution in [-0.2, 0) is 6.54 Å². The molecule has 0 unspecified atom stereocenters. The van der Waals surface area contributed by atoms with Crippen LogP contribution in [0.3, 0.4) is 0 Å². The van der Waals surface area contributed by atoms with E-state index in [2.05, 4.69) is 46.7 Å². The molecule has 0 aliphatic rings. The maximum absolute atomic E-state index is 4.34. The van der Waals surface area contributed by atoms with Crippen LogP contribution in [0.4, 0.5) is 5.69 Å². The predicted molar refractivity (Wildman–Crippen MR) is 76.0 cm³/mol. The fraction of sp³-hybridized carbons (Fsp3) is 0.286. The minimum absolute atomic E-state index is 0.394. The molecule has 0 aliphatic carbocycles. The number of hydrogen-bond donors (Lipinski definition) is 2. The van der Waals surface area contributed by atoms with Crippen LogP contribution in [0.25, 0.3) is 10.9 Å². The zero-order valence-corrected chi connectivity index (χ0v) is 11.1. The highest BCUT2D eigenvalue weighted by molar-refractivity contribution is 5.90. The largest absolute Gasteiger partial charge is 0.380 e. The minimum atomic E-state index is 0.394. The quantitative estimate of drug-likeness (QED) is 0.753. The van der Waals surface area contributed by atoms with Gasteiger partial charge in [0.05, 0.1) is 17.9 Å². The summed E-state index contributed by atoms with van der Waals surface area (Å²) in [5, 5.41) is 15.9. The van der Waals surface area contributed by atoms with Crippen molar-refractivity contribution in [1.82, 2.24) is 20.0 Å². The molecule has 5 heteroatoms. The van der Waals surface area contributed by atoms with E-state index in [9.17, 15) is 0 Å². The number of anilines is 1. The minimum Gasteiger partial charge on any atom is -0.380 e. The molecule has 3 aromatic rings. The summed E-state index contributed by atoms with van der Waals surface area (Å²) >= 11 is 0. The average Bonchev–Trinajstić information content (AvgIpc) is 3.05. The number of H-pyrrole nitrogens is 1. The molecule has 3 rings (SSSR count). The van der Waals surface area contributed by atoms with Crippen LogP contribution in [0.2, 0.25) is 0 Å². The van der Waals surface area contributed by atoms with E-state index in [1.165, 1.54) is 5.56 Å². The van der Waals surface area contributed by atoms with Crippen molar-refractivity contribution in [2.75, 3.05) is 5.32 Å². The summed E-state index contributed by atoms with van der Waals surface area (Å²) in [4.78, 5) is 0. The van der Waals surface area contributed by atoms with E-state index in [0.29, 0.717) is 6.04 Å². The van der Waals surface area contributed by atoms with E-state index in [4.69, 9.17) is 0 Å². The summed E-state index contributed by atoms with van der Waals surface area (Å²) in [6.45, 7) is 5.00. The van der Waals surface area contributed by atoms with Crippen molar-refractivity contribution < 1.29 is 0 Å². The van der Waals surface area contributed by atoms with Gasteiger partial charge in [-0.2, -0.15) is 10.2 Å². The van der Waals surface area contributed by atoms with Crippen LogP contribution in [0, 0.1) is 0 Å². The van der Waals surface area contributed by atoms with Crippen LogP contribution in [0.5, 0.6) is 0 Å². The Labute approximate surface area is 111 Å². The van der Waals surface area contributed by atoms with Crippen molar-refractivity contribution >= 4 is 16.6 Å². The third-order valence-corrected chi connectivity index (χ3v) is 3.15. The lowest BCUT2D eigenvalue weighted by molar-refractivity contribution is 0.532. The molecule has 0 bridgehead atoms. The Bertz CT molecular complexity index is 680. The van der Waals surface area contributed by atoms with Gasteiger partial charge in [0.25, 0.3) is 0 Å². The molecule has 0 atom stereocenters. The van der Waals surface area contributed by atoms with Gasteiger partial charge in [0.15, 0.2) is 0 Å². The normalized spacial score (nSPS) is 11.3. The van der Waals surface area contributed by atoms with Gasteiger partial charge in [-0.15, -0.1) is 0 Å². The smallest absolute Gasteiger partial charge is 0.0671 e. The van der Waals surface area contributed by atoms with Gasteiger partial charge in [0, 0.05) is 35.4 Å². The molecule has 0 fully saturated rings.